The van der Waals surface area contributed by atoms with Gasteiger partial charge >= 0.3 is 0 Å². The van der Waals surface area contributed by atoms with Crippen LogP contribution in [0.1, 0.15) is 28.8 Å². The van der Waals surface area contributed by atoms with Crippen molar-refractivity contribution in [3.8, 4) is 11.3 Å². The summed E-state index contributed by atoms with van der Waals surface area (Å²) < 4.78 is 11.5. The molecule has 3 aromatic rings. The smallest absolute Gasteiger partial charge is 0.253 e. The molecule has 2 aromatic carbocycles. The van der Waals surface area contributed by atoms with Gasteiger partial charge in [0, 0.05) is 48.9 Å². The summed E-state index contributed by atoms with van der Waals surface area (Å²) in [6.45, 7) is 4.61. The van der Waals surface area contributed by atoms with Gasteiger partial charge in [0.05, 0.1) is 18.9 Å². The first-order valence-electron chi connectivity index (χ1n) is 10.9. The van der Waals surface area contributed by atoms with E-state index in [0.29, 0.717) is 50.7 Å². The zero-order valence-electron chi connectivity index (χ0n) is 18.1. The molecule has 0 aliphatic carbocycles. The van der Waals surface area contributed by atoms with E-state index in [0.717, 1.165) is 16.9 Å². The first kappa shape index (κ1) is 20.6. The van der Waals surface area contributed by atoms with E-state index in [4.69, 9.17) is 9.47 Å². The molecule has 2 aliphatic heterocycles. The van der Waals surface area contributed by atoms with Crippen LogP contribution < -0.4 is 5.32 Å². The largest absolute Gasteiger partial charge is 0.347 e. The Hall–Kier alpha value is -3.29. The third-order valence-corrected chi connectivity index (χ3v) is 6.02. The Bertz CT molecular complexity index is 1080. The number of ether oxygens (including phenoxy) is 2. The van der Waals surface area contributed by atoms with Gasteiger partial charge in [0.1, 0.15) is 0 Å². The number of rotatable bonds is 4. The highest BCUT2D eigenvalue weighted by Crippen LogP contribution is 2.31. The third kappa shape index (κ3) is 4.35. The molecule has 0 unspecified atom stereocenters. The van der Waals surface area contributed by atoms with Crippen LogP contribution in [0.2, 0.25) is 0 Å². The number of anilines is 2. The van der Waals surface area contributed by atoms with Crippen molar-refractivity contribution in [1.29, 1.82) is 0 Å². The van der Waals surface area contributed by atoms with Crippen molar-refractivity contribution in [2.24, 2.45) is 0 Å². The molecule has 1 N–H and O–H groups in total. The van der Waals surface area contributed by atoms with Gasteiger partial charge in [0.15, 0.2) is 5.79 Å². The Morgan fingerprint density at radius 3 is 2.34 bits per heavy atom. The Morgan fingerprint density at radius 1 is 0.969 bits per heavy atom. The molecule has 1 aromatic heterocycles. The average molecular weight is 431 g/mol. The summed E-state index contributed by atoms with van der Waals surface area (Å²) in [5.41, 5.74) is 4.59. The fraction of sp³-hybridized carbons (Fsp3) is 0.320. The van der Waals surface area contributed by atoms with E-state index >= 15 is 0 Å². The highest BCUT2D eigenvalue weighted by molar-refractivity contribution is 5.94. The maximum absolute atomic E-state index is 12.9. The maximum atomic E-state index is 12.9. The Labute approximate surface area is 187 Å². The van der Waals surface area contributed by atoms with Crippen molar-refractivity contribution < 1.29 is 14.3 Å². The van der Waals surface area contributed by atoms with Gasteiger partial charge in [-0.2, -0.15) is 0 Å². The van der Waals surface area contributed by atoms with Gasteiger partial charge in [-0.1, -0.05) is 29.8 Å². The number of hydrogen-bond donors (Lipinski definition) is 1. The lowest BCUT2D eigenvalue weighted by Gasteiger charge is -2.37. The molecule has 2 saturated heterocycles. The zero-order chi connectivity index (χ0) is 22.0. The SMILES string of the molecule is Cc1ccc(-c2ccnc(Nc3ccc(C(=O)N4CCC5(CC4)OCCO5)cc3)n2)cc1. The van der Waals surface area contributed by atoms with Crippen LogP contribution in [0.15, 0.2) is 60.8 Å². The number of likely N-dealkylation sites (tertiary alicyclic amines) is 1. The standard InChI is InChI=1S/C25H26N4O3/c1-18-2-4-19(5-3-18)22-10-13-26-24(28-22)27-21-8-6-20(7-9-21)23(30)29-14-11-25(12-15-29)31-16-17-32-25/h2-10,13H,11-12,14-17H2,1H3,(H,26,27,28). The Kier molecular flexibility index (Phi) is 5.59. The molecule has 0 bridgehead atoms. The molecule has 3 heterocycles. The topological polar surface area (TPSA) is 76.6 Å². The molecule has 164 valence electrons. The minimum atomic E-state index is -0.475. The van der Waals surface area contributed by atoms with Crippen molar-refractivity contribution in [2.45, 2.75) is 25.6 Å². The average Bonchev–Trinajstić information content (AvgIpc) is 3.28. The summed E-state index contributed by atoms with van der Waals surface area (Å²) in [4.78, 5) is 23.7. The lowest BCUT2D eigenvalue weighted by atomic mass is 10.0. The number of nitrogens with zero attached hydrogens (tertiary/aromatic N) is 3. The fourth-order valence-electron chi connectivity index (χ4n) is 4.15. The van der Waals surface area contributed by atoms with E-state index in [9.17, 15) is 4.79 Å². The number of piperidine rings is 1. The third-order valence-electron chi connectivity index (χ3n) is 6.02. The molecule has 0 atom stereocenters. The van der Waals surface area contributed by atoms with E-state index in [-0.39, 0.29) is 5.91 Å². The quantitative estimate of drug-likeness (QED) is 0.669. The number of carbonyl (C=O) groups excluding carboxylic acids is 1. The van der Waals surface area contributed by atoms with Gasteiger partial charge in [0.25, 0.3) is 5.91 Å². The molecule has 1 spiro atoms. The molecule has 1 amide bonds. The number of aryl methyl sites for hydroxylation is 1. The second-order valence-electron chi connectivity index (χ2n) is 8.23. The predicted octanol–water partition coefficient (Wildman–Crippen LogP) is 4.17. The van der Waals surface area contributed by atoms with Gasteiger partial charge in [-0.25, -0.2) is 9.97 Å². The summed E-state index contributed by atoms with van der Waals surface area (Å²) in [6, 6.07) is 17.6. The predicted molar refractivity (Wildman–Crippen MR) is 122 cm³/mol. The second-order valence-corrected chi connectivity index (χ2v) is 8.23. The molecule has 0 saturated carbocycles. The van der Waals surface area contributed by atoms with Crippen molar-refractivity contribution >= 4 is 17.5 Å². The van der Waals surface area contributed by atoms with Crippen LogP contribution in [0.4, 0.5) is 11.6 Å². The van der Waals surface area contributed by atoms with Gasteiger partial charge in [-0.05, 0) is 37.3 Å². The second kappa shape index (κ2) is 8.68. The van der Waals surface area contributed by atoms with Gasteiger partial charge in [0.2, 0.25) is 5.95 Å². The highest BCUT2D eigenvalue weighted by Gasteiger charge is 2.40. The molecule has 32 heavy (non-hydrogen) atoms. The van der Waals surface area contributed by atoms with E-state index in [1.165, 1.54) is 5.56 Å². The normalized spacial score (nSPS) is 17.5. The van der Waals surface area contributed by atoms with Crippen molar-refractivity contribution in [3.05, 3.63) is 71.9 Å². The van der Waals surface area contributed by atoms with Crippen LogP contribution in [-0.4, -0.2) is 52.9 Å². The number of hydrogen-bond acceptors (Lipinski definition) is 6. The maximum Gasteiger partial charge on any atom is 0.253 e. The Balaban J connectivity index is 1.23. The van der Waals surface area contributed by atoms with Crippen molar-refractivity contribution in [2.75, 3.05) is 31.6 Å². The minimum absolute atomic E-state index is 0.0296. The van der Waals surface area contributed by atoms with Crippen LogP contribution in [0, 0.1) is 6.92 Å². The van der Waals surface area contributed by atoms with Crippen LogP contribution >= 0.6 is 0 Å². The minimum Gasteiger partial charge on any atom is -0.347 e. The van der Waals surface area contributed by atoms with Crippen molar-refractivity contribution in [3.63, 3.8) is 0 Å². The fourth-order valence-corrected chi connectivity index (χ4v) is 4.15. The van der Waals surface area contributed by atoms with Gasteiger partial charge < -0.3 is 19.7 Å². The van der Waals surface area contributed by atoms with E-state index in [1.807, 2.05) is 35.2 Å². The number of amides is 1. The first-order valence-corrected chi connectivity index (χ1v) is 10.9. The van der Waals surface area contributed by atoms with Gasteiger partial charge in [-0.15, -0.1) is 0 Å². The number of benzene rings is 2. The molecular weight excluding hydrogens is 404 g/mol. The van der Waals surface area contributed by atoms with E-state index < -0.39 is 5.79 Å². The summed E-state index contributed by atoms with van der Waals surface area (Å²) in [5, 5.41) is 3.22. The zero-order valence-corrected chi connectivity index (χ0v) is 18.1. The molecule has 2 fully saturated rings. The highest BCUT2D eigenvalue weighted by atomic mass is 16.7. The number of aromatic nitrogens is 2. The number of nitrogens with one attached hydrogen (secondary N) is 1. The molecule has 7 nitrogen and oxygen atoms in total. The molecule has 0 radical (unpaired) electrons. The van der Waals surface area contributed by atoms with E-state index in [1.54, 1.807) is 6.20 Å². The molecule has 2 aliphatic rings. The first-order chi connectivity index (χ1) is 15.6. The molecular formula is C25H26N4O3. The van der Waals surface area contributed by atoms with Crippen LogP contribution in [-0.2, 0) is 9.47 Å². The van der Waals surface area contributed by atoms with Crippen LogP contribution in [0.3, 0.4) is 0 Å². The Morgan fingerprint density at radius 2 is 1.66 bits per heavy atom. The number of carbonyl (C=O) groups is 1. The van der Waals surface area contributed by atoms with E-state index in [2.05, 4.69) is 46.5 Å². The summed E-state index contributed by atoms with van der Waals surface area (Å²) in [7, 11) is 0. The van der Waals surface area contributed by atoms with Crippen LogP contribution in [0.5, 0.6) is 0 Å². The van der Waals surface area contributed by atoms with Crippen molar-refractivity contribution in [1.82, 2.24) is 14.9 Å². The summed E-state index contributed by atoms with van der Waals surface area (Å²) in [5.74, 6) is 0.0690. The molecule has 5 rings (SSSR count). The molecule has 7 heteroatoms. The van der Waals surface area contributed by atoms with Gasteiger partial charge in [-0.3, -0.25) is 4.79 Å². The summed E-state index contributed by atoms with van der Waals surface area (Å²) in [6.07, 6.45) is 3.17. The monoisotopic (exact) mass is 430 g/mol. The van der Waals surface area contributed by atoms with Crippen LogP contribution in [0.25, 0.3) is 11.3 Å². The summed E-state index contributed by atoms with van der Waals surface area (Å²) >= 11 is 0. The lowest BCUT2D eigenvalue weighted by Crippen LogP contribution is -2.47. The lowest BCUT2D eigenvalue weighted by molar-refractivity contribution is -0.181.